The Morgan fingerprint density at radius 1 is 1.44 bits per heavy atom. The van der Waals surface area contributed by atoms with Crippen LogP contribution in [-0.4, -0.2) is 26.9 Å². The number of nitrogens with zero attached hydrogens (tertiary/aromatic N) is 2. The maximum absolute atomic E-state index is 4.62. The van der Waals surface area contributed by atoms with Gasteiger partial charge in [0, 0.05) is 30.2 Å². The fourth-order valence-electron chi connectivity index (χ4n) is 2.75. The van der Waals surface area contributed by atoms with Crippen molar-refractivity contribution in [3.8, 4) is 0 Å². The Morgan fingerprint density at radius 3 is 3.22 bits per heavy atom. The molecular formula is C14H19N3S. The van der Waals surface area contributed by atoms with E-state index in [9.17, 15) is 0 Å². The lowest BCUT2D eigenvalue weighted by Gasteiger charge is -2.18. The van der Waals surface area contributed by atoms with E-state index in [0.717, 1.165) is 23.1 Å². The Balaban J connectivity index is 1.66. The van der Waals surface area contributed by atoms with Crippen LogP contribution in [0.4, 0.5) is 0 Å². The van der Waals surface area contributed by atoms with Gasteiger partial charge in [0.05, 0.1) is 5.69 Å². The van der Waals surface area contributed by atoms with Crippen LogP contribution in [0.2, 0.25) is 0 Å². The Labute approximate surface area is 112 Å². The molecule has 0 amide bonds. The molecular weight excluding hydrogens is 242 g/mol. The van der Waals surface area contributed by atoms with E-state index >= 15 is 0 Å². The van der Waals surface area contributed by atoms with Gasteiger partial charge >= 0.3 is 0 Å². The van der Waals surface area contributed by atoms with Crippen LogP contribution in [0.5, 0.6) is 0 Å². The normalized spacial score (nSPS) is 23.8. The van der Waals surface area contributed by atoms with Gasteiger partial charge in [-0.25, -0.2) is 4.98 Å². The van der Waals surface area contributed by atoms with Crippen LogP contribution in [0.1, 0.15) is 25.0 Å². The molecule has 96 valence electrons. The lowest BCUT2D eigenvalue weighted by molar-refractivity contribution is 0.528. The van der Waals surface area contributed by atoms with E-state index in [1.165, 1.54) is 19.3 Å². The first-order valence-corrected chi connectivity index (χ1v) is 7.84. The highest BCUT2D eigenvalue weighted by molar-refractivity contribution is 7.99. The molecule has 0 saturated heterocycles. The molecule has 2 atom stereocenters. The summed E-state index contributed by atoms with van der Waals surface area (Å²) < 4.78 is 2.08. The predicted octanol–water partition coefficient (Wildman–Crippen LogP) is 2.71. The van der Waals surface area contributed by atoms with E-state index in [0.29, 0.717) is 6.04 Å². The fourth-order valence-corrected chi connectivity index (χ4v) is 3.71. The van der Waals surface area contributed by atoms with Crippen LogP contribution in [0.25, 0.3) is 5.65 Å². The molecule has 1 fully saturated rings. The minimum Gasteiger partial charge on any atom is -0.307 e. The van der Waals surface area contributed by atoms with Gasteiger partial charge in [0.1, 0.15) is 5.65 Å². The third kappa shape index (κ3) is 2.40. The number of rotatable bonds is 4. The van der Waals surface area contributed by atoms with E-state index in [2.05, 4.69) is 27.2 Å². The van der Waals surface area contributed by atoms with E-state index < -0.39 is 0 Å². The van der Waals surface area contributed by atoms with Gasteiger partial charge in [-0.15, -0.1) is 0 Å². The first-order chi connectivity index (χ1) is 8.86. The van der Waals surface area contributed by atoms with Crippen molar-refractivity contribution in [2.75, 3.05) is 6.26 Å². The van der Waals surface area contributed by atoms with E-state index in [4.69, 9.17) is 0 Å². The molecule has 1 aliphatic rings. The largest absolute Gasteiger partial charge is 0.307 e. The van der Waals surface area contributed by atoms with Gasteiger partial charge in [-0.2, -0.15) is 11.8 Å². The number of thioether (sulfide) groups is 1. The minimum absolute atomic E-state index is 0.657. The standard InChI is InChI=1S/C14H19N3S/c1-18-13-6-4-5-12(13)15-9-11-10-17-8-3-2-7-14(17)16-11/h2-3,7-8,10,12-13,15H,4-6,9H2,1H3. The minimum atomic E-state index is 0.657. The van der Waals surface area contributed by atoms with Crippen LogP contribution in [-0.2, 0) is 6.54 Å². The summed E-state index contributed by atoms with van der Waals surface area (Å²) in [5, 5.41) is 4.44. The van der Waals surface area contributed by atoms with Crippen LogP contribution >= 0.6 is 11.8 Å². The first kappa shape index (κ1) is 12.1. The number of hydrogen-bond acceptors (Lipinski definition) is 3. The molecule has 0 aliphatic heterocycles. The number of fused-ring (bicyclic) bond motifs is 1. The highest BCUT2D eigenvalue weighted by Gasteiger charge is 2.25. The predicted molar refractivity (Wildman–Crippen MR) is 77.0 cm³/mol. The van der Waals surface area contributed by atoms with Gasteiger partial charge in [-0.05, 0) is 31.2 Å². The van der Waals surface area contributed by atoms with Crippen molar-refractivity contribution in [1.29, 1.82) is 0 Å². The average Bonchev–Trinajstić information content (AvgIpc) is 3.01. The molecule has 18 heavy (non-hydrogen) atoms. The maximum Gasteiger partial charge on any atom is 0.137 e. The zero-order chi connectivity index (χ0) is 12.4. The molecule has 1 aliphatic carbocycles. The van der Waals surface area contributed by atoms with Crippen LogP contribution < -0.4 is 5.32 Å². The van der Waals surface area contributed by atoms with Gasteiger partial charge in [-0.1, -0.05) is 12.5 Å². The molecule has 0 spiro atoms. The summed E-state index contributed by atoms with van der Waals surface area (Å²) in [6.45, 7) is 0.878. The number of pyridine rings is 1. The molecule has 1 saturated carbocycles. The maximum atomic E-state index is 4.62. The molecule has 2 heterocycles. The van der Waals surface area contributed by atoms with Gasteiger partial charge in [0.25, 0.3) is 0 Å². The van der Waals surface area contributed by atoms with Gasteiger partial charge < -0.3 is 9.72 Å². The zero-order valence-electron chi connectivity index (χ0n) is 10.7. The van der Waals surface area contributed by atoms with Crippen molar-refractivity contribution in [3.05, 3.63) is 36.3 Å². The quantitative estimate of drug-likeness (QED) is 0.917. The highest BCUT2D eigenvalue weighted by atomic mass is 32.2. The van der Waals surface area contributed by atoms with Crippen molar-refractivity contribution in [1.82, 2.24) is 14.7 Å². The zero-order valence-corrected chi connectivity index (χ0v) is 11.5. The first-order valence-electron chi connectivity index (χ1n) is 6.55. The second-order valence-electron chi connectivity index (χ2n) is 4.89. The Morgan fingerprint density at radius 2 is 2.39 bits per heavy atom. The van der Waals surface area contributed by atoms with E-state index in [1.54, 1.807) is 0 Å². The molecule has 2 aromatic rings. The average molecular weight is 261 g/mol. The highest BCUT2D eigenvalue weighted by Crippen LogP contribution is 2.28. The monoisotopic (exact) mass is 261 g/mol. The van der Waals surface area contributed by atoms with Crippen molar-refractivity contribution in [2.45, 2.75) is 37.1 Å². The molecule has 3 rings (SSSR count). The van der Waals surface area contributed by atoms with E-state index in [1.807, 2.05) is 36.2 Å². The van der Waals surface area contributed by atoms with Crippen molar-refractivity contribution >= 4 is 17.4 Å². The molecule has 2 aromatic heterocycles. The van der Waals surface area contributed by atoms with Crippen molar-refractivity contribution in [3.63, 3.8) is 0 Å². The molecule has 1 N–H and O–H groups in total. The Bertz CT molecular complexity index is 489. The lowest BCUT2D eigenvalue weighted by Crippen LogP contribution is -2.33. The van der Waals surface area contributed by atoms with Crippen LogP contribution in [0, 0.1) is 0 Å². The third-order valence-electron chi connectivity index (χ3n) is 3.71. The summed E-state index contributed by atoms with van der Waals surface area (Å²) in [5.74, 6) is 0. The number of nitrogens with one attached hydrogen (secondary N) is 1. The van der Waals surface area contributed by atoms with Gasteiger partial charge in [0.2, 0.25) is 0 Å². The van der Waals surface area contributed by atoms with Crippen LogP contribution in [0.3, 0.4) is 0 Å². The molecule has 0 bridgehead atoms. The van der Waals surface area contributed by atoms with Crippen molar-refractivity contribution < 1.29 is 0 Å². The Kier molecular flexibility index (Phi) is 3.57. The van der Waals surface area contributed by atoms with Gasteiger partial charge in [0.15, 0.2) is 0 Å². The summed E-state index contributed by atoms with van der Waals surface area (Å²) in [4.78, 5) is 4.62. The second-order valence-corrected chi connectivity index (χ2v) is 5.97. The topological polar surface area (TPSA) is 29.3 Å². The smallest absolute Gasteiger partial charge is 0.137 e. The van der Waals surface area contributed by atoms with Gasteiger partial charge in [-0.3, -0.25) is 0 Å². The Hall–Kier alpha value is -1.00. The molecule has 0 aromatic carbocycles. The SMILES string of the molecule is CSC1CCCC1NCc1cn2ccccc2n1. The third-order valence-corrected chi connectivity index (χ3v) is 4.88. The molecule has 2 unspecified atom stereocenters. The number of hydrogen-bond donors (Lipinski definition) is 1. The lowest BCUT2D eigenvalue weighted by atomic mass is 10.2. The van der Waals surface area contributed by atoms with Crippen LogP contribution in [0.15, 0.2) is 30.6 Å². The number of imidazole rings is 1. The summed E-state index contributed by atoms with van der Waals surface area (Å²) in [5.41, 5.74) is 2.16. The summed E-state index contributed by atoms with van der Waals surface area (Å²) in [6.07, 6.45) is 10.4. The summed E-state index contributed by atoms with van der Waals surface area (Å²) in [6, 6.07) is 6.77. The fraction of sp³-hybridized carbons (Fsp3) is 0.500. The summed E-state index contributed by atoms with van der Waals surface area (Å²) >= 11 is 1.99. The second kappa shape index (κ2) is 5.33. The molecule has 4 heteroatoms. The van der Waals surface area contributed by atoms with E-state index in [-0.39, 0.29) is 0 Å². The number of aromatic nitrogens is 2. The summed E-state index contributed by atoms with van der Waals surface area (Å²) in [7, 11) is 0. The van der Waals surface area contributed by atoms with Crippen molar-refractivity contribution in [2.24, 2.45) is 0 Å². The molecule has 0 radical (unpaired) electrons. The molecule has 3 nitrogen and oxygen atoms in total.